The average Bonchev–Trinajstić information content (AvgIpc) is 2.86. The van der Waals surface area contributed by atoms with Gasteiger partial charge in [0, 0.05) is 11.7 Å². The Labute approximate surface area is 122 Å². The minimum absolute atomic E-state index is 0.0744. The second kappa shape index (κ2) is 6.71. The number of nitrogens with one attached hydrogen (secondary N) is 1. The van der Waals surface area contributed by atoms with Gasteiger partial charge in [-0.2, -0.15) is 5.26 Å². The number of nitriles is 1. The van der Waals surface area contributed by atoms with Gasteiger partial charge in [-0.05, 0) is 37.6 Å². The van der Waals surface area contributed by atoms with E-state index in [1.54, 1.807) is 18.2 Å². The molecule has 5 nitrogen and oxygen atoms in total. The first kappa shape index (κ1) is 14.8. The molecule has 0 aliphatic carbocycles. The van der Waals surface area contributed by atoms with Crippen molar-refractivity contribution >= 4 is 23.2 Å². The van der Waals surface area contributed by atoms with E-state index in [0.717, 1.165) is 19.4 Å². The smallest absolute Gasteiger partial charge is 0.238 e. The van der Waals surface area contributed by atoms with Crippen LogP contribution in [0.5, 0.6) is 0 Å². The summed E-state index contributed by atoms with van der Waals surface area (Å²) in [6.07, 6.45) is 1.92. The molecule has 1 atom stereocenters. The number of aliphatic hydroxyl groups is 1. The lowest BCUT2D eigenvalue weighted by molar-refractivity contribution is -0.117. The highest BCUT2D eigenvalue weighted by Crippen LogP contribution is 2.21. The SMILES string of the molecule is N#Cc1ccc(NC(=O)CN2CCCC2CO)cc1Cl. The third kappa shape index (κ3) is 3.48. The van der Waals surface area contributed by atoms with Crippen LogP contribution in [0.4, 0.5) is 5.69 Å². The molecular weight excluding hydrogens is 278 g/mol. The molecule has 1 unspecified atom stereocenters. The van der Waals surface area contributed by atoms with Crippen molar-refractivity contribution in [1.29, 1.82) is 5.26 Å². The number of rotatable bonds is 4. The van der Waals surface area contributed by atoms with E-state index in [-0.39, 0.29) is 25.1 Å². The van der Waals surface area contributed by atoms with Crippen molar-refractivity contribution in [3.05, 3.63) is 28.8 Å². The zero-order chi connectivity index (χ0) is 14.5. The number of halogens is 1. The first-order valence-corrected chi connectivity index (χ1v) is 6.86. The van der Waals surface area contributed by atoms with Gasteiger partial charge in [-0.25, -0.2) is 0 Å². The molecule has 2 N–H and O–H groups in total. The molecule has 1 aromatic carbocycles. The van der Waals surface area contributed by atoms with Crippen LogP contribution in [-0.4, -0.2) is 41.7 Å². The maximum Gasteiger partial charge on any atom is 0.238 e. The van der Waals surface area contributed by atoms with Crippen LogP contribution in [0.2, 0.25) is 5.02 Å². The minimum Gasteiger partial charge on any atom is -0.395 e. The van der Waals surface area contributed by atoms with Gasteiger partial charge in [0.1, 0.15) is 6.07 Å². The van der Waals surface area contributed by atoms with Gasteiger partial charge in [0.05, 0.1) is 23.7 Å². The van der Waals surface area contributed by atoms with Gasteiger partial charge in [-0.3, -0.25) is 9.69 Å². The number of carbonyl (C=O) groups is 1. The molecule has 20 heavy (non-hydrogen) atoms. The van der Waals surface area contributed by atoms with Gasteiger partial charge in [-0.1, -0.05) is 11.6 Å². The Morgan fingerprint density at radius 2 is 2.40 bits per heavy atom. The summed E-state index contributed by atoms with van der Waals surface area (Å²) in [5.74, 6) is -0.147. The summed E-state index contributed by atoms with van der Waals surface area (Å²) < 4.78 is 0. The van der Waals surface area contributed by atoms with Gasteiger partial charge in [0.25, 0.3) is 0 Å². The van der Waals surface area contributed by atoms with Gasteiger partial charge in [0.15, 0.2) is 0 Å². The summed E-state index contributed by atoms with van der Waals surface area (Å²) in [5.41, 5.74) is 0.947. The predicted octanol–water partition coefficient (Wildman–Crippen LogP) is 1.61. The topological polar surface area (TPSA) is 76.4 Å². The first-order chi connectivity index (χ1) is 9.63. The highest BCUT2D eigenvalue weighted by Gasteiger charge is 2.25. The minimum atomic E-state index is -0.147. The van der Waals surface area contributed by atoms with Gasteiger partial charge in [-0.15, -0.1) is 0 Å². The number of hydrogen-bond acceptors (Lipinski definition) is 4. The lowest BCUT2D eigenvalue weighted by atomic mass is 10.2. The molecule has 0 aromatic heterocycles. The highest BCUT2D eigenvalue weighted by atomic mass is 35.5. The maximum absolute atomic E-state index is 12.0. The van der Waals surface area contributed by atoms with Crippen LogP contribution in [-0.2, 0) is 4.79 Å². The van der Waals surface area contributed by atoms with Gasteiger partial charge < -0.3 is 10.4 Å². The standard InChI is InChI=1S/C14H16ClN3O2/c15-13-6-11(4-3-10(13)7-16)17-14(20)8-18-5-1-2-12(18)9-19/h3-4,6,12,19H,1-2,5,8-9H2,(H,17,20). The van der Waals surface area contributed by atoms with E-state index in [1.807, 2.05) is 11.0 Å². The largest absolute Gasteiger partial charge is 0.395 e. The molecule has 0 bridgehead atoms. The molecule has 1 amide bonds. The third-order valence-electron chi connectivity index (χ3n) is 3.43. The summed E-state index contributed by atoms with van der Waals surface area (Å²) in [7, 11) is 0. The van der Waals surface area contributed by atoms with Crippen LogP contribution < -0.4 is 5.32 Å². The number of likely N-dealkylation sites (tertiary alicyclic amines) is 1. The fourth-order valence-corrected chi connectivity index (χ4v) is 2.60. The van der Waals surface area contributed by atoms with Crippen molar-refractivity contribution < 1.29 is 9.90 Å². The van der Waals surface area contributed by atoms with E-state index >= 15 is 0 Å². The summed E-state index contributed by atoms with van der Waals surface area (Å²) in [5, 5.41) is 21.1. The zero-order valence-corrected chi connectivity index (χ0v) is 11.7. The molecule has 1 fully saturated rings. The number of hydrogen-bond donors (Lipinski definition) is 2. The molecule has 1 aliphatic heterocycles. The Morgan fingerprint density at radius 1 is 1.60 bits per heavy atom. The van der Waals surface area contributed by atoms with Crippen molar-refractivity contribution in [3.8, 4) is 6.07 Å². The highest BCUT2D eigenvalue weighted by molar-refractivity contribution is 6.32. The zero-order valence-electron chi connectivity index (χ0n) is 11.0. The van der Waals surface area contributed by atoms with E-state index in [9.17, 15) is 9.90 Å². The summed E-state index contributed by atoms with van der Waals surface area (Å²) in [6, 6.07) is 6.83. The number of aliphatic hydroxyl groups excluding tert-OH is 1. The Bertz CT molecular complexity index is 542. The molecule has 6 heteroatoms. The second-order valence-electron chi connectivity index (χ2n) is 4.80. The number of nitrogens with zero attached hydrogens (tertiary/aromatic N) is 2. The van der Waals surface area contributed by atoms with Crippen molar-refractivity contribution in [2.75, 3.05) is 25.0 Å². The molecule has 1 heterocycles. The van der Waals surface area contributed by atoms with Crippen molar-refractivity contribution in [2.24, 2.45) is 0 Å². The Balaban J connectivity index is 1.95. The van der Waals surface area contributed by atoms with E-state index in [2.05, 4.69) is 5.32 Å². The van der Waals surface area contributed by atoms with Crippen LogP contribution in [0, 0.1) is 11.3 Å². The number of carbonyl (C=O) groups excluding carboxylic acids is 1. The van der Waals surface area contributed by atoms with Crippen LogP contribution >= 0.6 is 11.6 Å². The van der Waals surface area contributed by atoms with Crippen molar-refractivity contribution in [3.63, 3.8) is 0 Å². The second-order valence-corrected chi connectivity index (χ2v) is 5.21. The third-order valence-corrected chi connectivity index (χ3v) is 3.74. The van der Waals surface area contributed by atoms with E-state index < -0.39 is 0 Å². The fraction of sp³-hybridized carbons (Fsp3) is 0.429. The Kier molecular flexibility index (Phi) is 4.96. The van der Waals surface area contributed by atoms with E-state index in [0.29, 0.717) is 16.3 Å². The maximum atomic E-state index is 12.0. The average molecular weight is 294 g/mol. The number of amides is 1. The molecule has 1 saturated heterocycles. The first-order valence-electron chi connectivity index (χ1n) is 6.48. The van der Waals surface area contributed by atoms with Crippen LogP contribution in [0.15, 0.2) is 18.2 Å². The molecule has 0 spiro atoms. The fourth-order valence-electron chi connectivity index (χ4n) is 2.38. The number of benzene rings is 1. The Hall–Kier alpha value is -1.61. The van der Waals surface area contributed by atoms with Gasteiger partial charge in [0.2, 0.25) is 5.91 Å². The lowest BCUT2D eigenvalue weighted by Gasteiger charge is -2.21. The molecular formula is C14H16ClN3O2. The molecule has 106 valence electrons. The quantitative estimate of drug-likeness (QED) is 0.884. The van der Waals surface area contributed by atoms with Crippen molar-refractivity contribution in [1.82, 2.24) is 4.90 Å². The summed E-state index contributed by atoms with van der Waals surface area (Å²) in [6.45, 7) is 1.16. The molecule has 2 rings (SSSR count). The van der Waals surface area contributed by atoms with Crippen LogP contribution in [0.3, 0.4) is 0 Å². The van der Waals surface area contributed by atoms with Crippen molar-refractivity contribution in [2.45, 2.75) is 18.9 Å². The Morgan fingerprint density at radius 3 is 3.05 bits per heavy atom. The van der Waals surface area contributed by atoms with Gasteiger partial charge >= 0.3 is 0 Å². The molecule has 0 radical (unpaired) electrons. The predicted molar refractivity (Wildman–Crippen MR) is 76.5 cm³/mol. The molecule has 1 aromatic rings. The van der Waals surface area contributed by atoms with E-state index in [1.165, 1.54) is 0 Å². The molecule has 0 saturated carbocycles. The van der Waals surface area contributed by atoms with E-state index in [4.69, 9.17) is 16.9 Å². The summed E-state index contributed by atoms with van der Waals surface area (Å²) >= 11 is 5.91. The van der Waals surface area contributed by atoms with Crippen LogP contribution in [0.1, 0.15) is 18.4 Å². The van der Waals surface area contributed by atoms with Crippen LogP contribution in [0.25, 0.3) is 0 Å². The molecule has 1 aliphatic rings. The lowest BCUT2D eigenvalue weighted by Crippen LogP contribution is -2.38. The number of anilines is 1. The monoisotopic (exact) mass is 293 g/mol. The normalized spacial score (nSPS) is 18.8. The summed E-state index contributed by atoms with van der Waals surface area (Å²) in [4.78, 5) is 13.9.